The highest BCUT2D eigenvalue weighted by atomic mass is 16.7. The largest absolute Gasteiger partial charge is 0.468 e. The molecule has 20 heavy (non-hydrogen) atoms. The molecule has 1 aromatic carbocycles. The number of carbonyl (C=O) groups is 1. The molecule has 0 aliphatic rings. The van der Waals surface area contributed by atoms with E-state index in [1.807, 2.05) is 52.0 Å². The standard InChI is InChI=1S/C16H24O4/c1-5-16(3,4)15(17)19-10-9-18-12-20-14-8-6-7-13(2)11-14/h6-8,11H,5,9-10,12H2,1-4H3. The predicted molar refractivity (Wildman–Crippen MR) is 77.7 cm³/mol. The second kappa shape index (κ2) is 7.90. The van der Waals surface area contributed by atoms with Crippen molar-refractivity contribution in [1.82, 2.24) is 0 Å². The Morgan fingerprint density at radius 1 is 1.25 bits per heavy atom. The maximum atomic E-state index is 11.7. The van der Waals surface area contributed by atoms with Crippen molar-refractivity contribution in [2.24, 2.45) is 5.41 Å². The van der Waals surface area contributed by atoms with Crippen molar-refractivity contribution in [1.29, 1.82) is 0 Å². The van der Waals surface area contributed by atoms with E-state index < -0.39 is 5.41 Å². The average Bonchev–Trinajstić information content (AvgIpc) is 2.42. The second-order valence-electron chi connectivity index (χ2n) is 5.36. The van der Waals surface area contributed by atoms with E-state index >= 15 is 0 Å². The van der Waals surface area contributed by atoms with Gasteiger partial charge in [-0.3, -0.25) is 4.79 Å². The number of hydrogen-bond donors (Lipinski definition) is 0. The Morgan fingerprint density at radius 2 is 2.00 bits per heavy atom. The number of rotatable bonds is 8. The topological polar surface area (TPSA) is 44.8 Å². The minimum atomic E-state index is -0.432. The third-order valence-electron chi connectivity index (χ3n) is 3.20. The maximum absolute atomic E-state index is 11.7. The van der Waals surface area contributed by atoms with Crippen LogP contribution in [0.2, 0.25) is 0 Å². The number of hydrogen-bond acceptors (Lipinski definition) is 4. The van der Waals surface area contributed by atoms with E-state index in [0.717, 1.165) is 17.7 Å². The highest BCUT2D eigenvalue weighted by Gasteiger charge is 2.26. The summed E-state index contributed by atoms with van der Waals surface area (Å²) in [5.74, 6) is 0.581. The molecule has 0 saturated heterocycles. The number of esters is 1. The van der Waals surface area contributed by atoms with Gasteiger partial charge in [0.2, 0.25) is 0 Å². The van der Waals surface area contributed by atoms with Gasteiger partial charge in [-0.2, -0.15) is 0 Å². The summed E-state index contributed by atoms with van der Waals surface area (Å²) in [5.41, 5.74) is 0.705. The van der Waals surface area contributed by atoms with Gasteiger partial charge in [-0.1, -0.05) is 19.1 Å². The van der Waals surface area contributed by atoms with Gasteiger partial charge in [-0.15, -0.1) is 0 Å². The lowest BCUT2D eigenvalue weighted by Gasteiger charge is -2.20. The molecule has 0 spiro atoms. The van der Waals surface area contributed by atoms with Crippen LogP contribution in [0, 0.1) is 12.3 Å². The van der Waals surface area contributed by atoms with E-state index in [4.69, 9.17) is 14.2 Å². The summed E-state index contributed by atoms with van der Waals surface area (Å²) in [4.78, 5) is 11.7. The van der Waals surface area contributed by atoms with Crippen LogP contribution in [0.15, 0.2) is 24.3 Å². The van der Waals surface area contributed by atoms with E-state index in [9.17, 15) is 4.79 Å². The van der Waals surface area contributed by atoms with Gasteiger partial charge in [0.05, 0.1) is 12.0 Å². The van der Waals surface area contributed by atoms with Crippen LogP contribution in [0.5, 0.6) is 5.75 Å². The first kappa shape index (κ1) is 16.5. The molecule has 4 nitrogen and oxygen atoms in total. The fourth-order valence-electron chi connectivity index (χ4n) is 1.41. The molecule has 4 heteroatoms. The quantitative estimate of drug-likeness (QED) is 0.416. The fraction of sp³-hybridized carbons (Fsp3) is 0.562. The van der Waals surface area contributed by atoms with Crippen LogP contribution in [0.1, 0.15) is 32.8 Å². The van der Waals surface area contributed by atoms with Crippen molar-refractivity contribution >= 4 is 5.97 Å². The molecule has 0 amide bonds. The fourth-order valence-corrected chi connectivity index (χ4v) is 1.41. The molecule has 0 aromatic heterocycles. The minimum Gasteiger partial charge on any atom is -0.468 e. The van der Waals surface area contributed by atoms with Crippen molar-refractivity contribution in [2.45, 2.75) is 34.1 Å². The van der Waals surface area contributed by atoms with Crippen LogP contribution in [0.3, 0.4) is 0 Å². The summed E-state index contributed by atoms with van der Waals surface area (Å²) in [5, 5.41) is 0. The van der Waals surface area contributed by atoms with E-state index in [2.05, 4.69) is 0 Å². The summed E-state index contributed by atoms with van der Waals surface area (Å²) in [6.07, 6.45) is 0.753. The van der Waals surface area contributed by atoms with Gasteiger partial charge in [-0.05, 0) is 44.9 Å². The predicted octanol–water partition coefficient (Wildman–Crippen LogP) is 3.33. The molecule has 0 N–H and O–H groups in total. The van der Waals surface area contributed by atoms with Gasteiger partial charge in [-0.25, -0.2) is 0 Å². The average molecular weight is 280 g/mol. The molecular weight excluding hydrogens is 256 g/mol. The molecule has 0 fully saturated rings. The number of aryl methyl sites for hydroxylation is 1. The zero-order valence-electron chi connectivity index (χ0n) is 12.8. The maximum Gasteiger partial charge on any atom is 0.311 e. The van der Waals surface area contributed by atoms with E-state index in [1.54, 1.807) is 0 Å². The molecule has 0 saturated carbocycles. The highest BCUT2D eigenvalue weighted by Crippen LogP contribution is 2.21. The first-order chi connectivity index (χ1) is 9.45. The Bertz CT molecular complexity index is 426. The van der Waals surface area contributed by atoms with Crippen LogP contribution in [-0.4, -0.2) is 26.0 Å². The van der Waals surface area contributed by atoms with Crippen molar-refractivity contribution in [3.05, 3.63) is 29.8 Å². The van der Waals surface area contributed by atoms with Crippen LogP contribution < -0.4 is 4.74 Å². The first-order valence-electron chi connectivity index (χ1n) is 6.90. The van der Waals surface area contributed by atoms with Crippen LogP contribution in [0.25, 0.3) is 0 Å². The van der Waals surface area contributed by atoms with Gasteiger partial charge >= 0.3 is 5.97 Å². The smallest absolute Gasteiger partial charge is 0.311 e. The lowest BCUT2D eigenvalue weighted by molar-refractivity contribution is -0.156. The van der Waals surface area contributed by atoms with Crippen molar-refractivity contribution in [2.75, 3.05) is 20.0 Å². The number of carbonyl (C=O) groups excluding carboxylic acids is 1. The molecule has 1 aromatic rings. The van der Waals surface area contributed by atoms with Crippen LogP contribution in [0.4, 0.5) is 0 Å². The molecule has 0 unspecified atom stereocenters. The zero-order chi connectivity index (χ0) is 15.0. The molecule has 0 aliphatic heterocycles. The summed E-state index contributed by atoms with van der Waals surface area (Å²) < 4.78 is 15.8. The lowest BCUT2D eigenvalue weighted by atomic mass is 9.91. The Hall–Kier alpha value is -1.55. The molecule has 1 rings (SSSR count). The summed E-state index contributed by atoms with van der Waals surface area (Å²) >= 11 is 0. The van der Waals surface area contributed by atoms with Gasteiger partial charge in [0.15, 0.2) is 6.79 Å². The third kappa shape index (κ3) is 5.61. The van der Waals surface area contributed by atoms with E-state index in [1.165, 1.54) is 0 Å². The number of benzene rings is 1. The zero-order valence-corrected chi connectivity index (χ0v) is 12.8. The number of ether oxygens (including phenoxy) is 3. The van der Waals surface area contributed by atoms with Gasteiger partial charge < -0.3 is 14.2 Å². The second-order valence-corrected chi connectivity index (χ2v) is 5.36. The van der Waals surface area contributed by atoms with Crippen molar-refractivity contribution < 1.29 is 19.0 Å². The SMILES string of the molecule is CCC(C)(C)C(=O)OCCOCOc1cccc(C)c1. The normalized spacial score (nSPS) is 11.2. The summed E-state index contributed by atoms with van der Waals surface area (Å²) in [7, 11) is 0. The van der Waals surface area contributed by atoms with Gasteiger partial charge in [0.1, 0.15) is 12.4 Å². The van der Waals surface area contributed by atoms with E-state index in [-0.39, 0.29) is 19.4 Å². The van der Waals surface area contributed by atoms with Gasteiger partial charge in [0.25, 0.3) is 0 Å². The summed E-state index contributed by atoms with van der Waals surface area (Å²) in [6, 6.07) is 7.75. The Balaban J connectivity index is 2.13. The van der Waals surface area contributed by atoms with E-state index in [0.29, 0.717) is 6.61 Å². The summed E-state index contributed by atoms with van der Waals surface area (Å²) in [6.45, 7) is 8.44. The van der Waals surface area contributed by atoms with Crippen LogP contribution in [-0.2, 0) is 14.3 Å². The third-order valence-corrected chi connectivity index (χ3v) is 3.20. The van der Waals surface area contributed by atoms with Crippen molar-refractivity contribution in [3.63, 3.8) is 0 Å². The molecule has 0 aliphatic carbocycles. The minimum absolute atomic E-state index is 0.151. The Morgan fingerprint density at radius 3 is 2.65 bits per heavy atom. The first-order valence-corrected chi connectivity index (χ1v) is 6.90. The Kier molecular flexibility index (Phi) is 6.52. The molecule has 0 bridgehead atoms. The van der Waals surface area contributed by atoms with Crippen LogP contribution >= 0.6 is 0 Å². The highest BCUT2D eigenvalue weighted by molar-refractivity contribution is 5.75. The molecule has 112 valence electrons. The lowest BCUT2D eigenvalue weighted by Crippen LogP contribution is -2.27. The molecular formula is C16H24O4. The Labute approximate surface area is 121 Å². The molecule has 0 heterocycles. The van der Waals surface area contributed by atoms with Gasteiger partial charge in [0, 0.05) is 0 Å². The van der Waals surface area contributed by atoms with Crippen molar-refractivity contribution in [3.8, 4) is 5.75 Å². The molecule has 0 atom stereocenters. The molecule has 0 radical (unpaired) electrons. The monoisotopic (exact) mass is 280 g/mol.